The van der Waals surface area contributed by atoms with E-state index in [-0.39, 0.29) is 30.1 Å². The van der Waals surface area contributed by atoms with Crippen LogP contribution in [0.1, 0.15) is 27.7 Å². The predicted molar refractivity (Wildman–Crippen MR) is 107 cm³/mol. The van der Waals surface area contributed by atoms with E-state index in [4.69, 9.17) is 23.0 Å². The minimum absolute atomic E-state index is 0.227. The molecule has 0 aliphatic rings. The number of hydrogen-bond acceptors (Lipinski definition) is 8. The van der Waals surface area contributed by atoms with Crippen LogP contribution in [0.25, 0.3) is 0 Å². The van der Waals surface area contributed by atoms with E-state index in [9.17, 15) is 14.2 Å². The number of carbonyl (C=O) groups is 2. The van der Waals surface area contributed by atoms with Crippen LogP contribution in [0.3, 0.4) is 0 Å². The fourth-order valence-electron chi connectivity index (χ4n) is 1.73. The summed E-state index contributed by atoms with van der Waals surface area (Å²) in [5, 5.41) is 0. The van der Waals surface area contributed by atoms with Crippen LogP contribution >= 0.6 is 7.82 Å². The quantitative estimate of drug-likeness (QED) is 0.278. The summed E-state index contributed by atoms with van der Waals surface area (Å²) in [6, 6.07) is 8.29. The number of carbonyl (C=O) groups excluding carboxylic acids is 2. The molecule has 2 atom stereocenters. The maximum absolute atomic E-state index is 13.0. The molecule has 0 aromatic heterocycles. The number of ether oxygens (including phenoxy) is 2. The Hall–Kier alpha value is -2.41. The van der Waals surface area contributed by atoms with Gasteiger partial charge in [0.25, 0.3) is 0 Å². The van der Waals surface area contributed by atoms with Crippen molar-refractivity contribution in [2.24, 2.45) is 0 Å². The average molecular weight is 426 g/mol. The third-order valence-electron chi connectivity index (χ3n) is 3.21. The van der Waals surface area contributed by atoms with E-state index >= 15 is 0 Å². The van der Waals surface area contributed by atoms with E-state index in [1.807, 2.05) is 0 Å². The first kappa shape index (κ1) is 24.6. The highest BCUT2D eigenvalue weighted by atomic mass is 31.2. The summed E-state index contributed by atoms with van der Waals surface area (Å²) in [7, 11) is -4.11. The minimum Gasteiger partial charge on any atom is -0.457 e. The molecule has 2 unspecified atom stereocenters. The first-order chi connectivity index (χ1) is 13.5. The minimum atomic E-state index is -4.11. The summed E-state index contributed by atoms with van der Waals surface area (Å²) in [4.78, 5) is 23.2. The Balaban J connectivity index is 2.77. The summed E-state index contributed by atoms with van der Waals surface area (Å²) >= 11 is 0. The molecule has 1 aromatic carbocycles. The van der Waals surface area contributed by atoms with Crippen molar-refractivity contribution in [2.45, 2.75) is 39.9 Å². The second-order valence-corrected chi connectivity index (χ2v) is 8.03. The van der Waals surface area contributed by atoms with Crippen molar-refractivity contribution in [3.8, 4) is 5.75 Å². The van der Waals surface area contributed by atoms with Crippen LogP contribution in [-0.4, -0.2) is 37.4 Å². The Morgan fingerprint density at radius 1 is 0.897 bits per heavy atom. The number of hydrogen-bond donors (Lipinski definition) is 0. The van der Waals surface area contributed by atoms with Crippen molar-refractivity contribution >= 4 is 19.8 Å². The molecule has 0 fully saturated rings. The van der Waals surface area contributed by atoms with E-state index in [0.29, 0.717) is 0 Å². The number of phosphoric acid groups is 1. The van der Waals surface area contributed by atoms with Crippen LogP contribution in [0.15, 0.2) is 54.6 Å². The Kier molecular flexibility index (Phi) is 9.81. The molecule has 0 saturated carbocycles. The van der Waals surface area contributed by atoms with Gasteiger partial charge < -0.3 is 14.0 Å². The third kappa shape index (κ3) is 9.56. The van der Waals surface area contributed by atoms with Crippen LogP contribution in [0.2, 0.25) is 0 Å². The van der Waals surface area contributed by atoms with Gasteiger partial charge in [-0.2, -0.15) is 0 Å². The Morgan fingerprint density at radius 2 is 1.31 bits per heavy atom. The van der Waals surface area contributed by atoms with Gasteiger partial charge in [0, 0.05) is 11.1 Å². The first-order valence-corrected chi connectivity index (χ1v) is 10.3. The highest BCUT2D eigenvalue weighted by Gasteiger charge is 2.31. The summed E-state index contributed by atoms with van der Waals surface area (Å²) in [6.45, 7) is 12.6. The average Bonchev–Trinajstić information content (AvgIpc) is 2.65. The van der Waals surface area contributed by atoms with Gasteiger partial charge in [0.2, 0.25) is 0 Å². The largest absolute Gasteiger partial charge is 0.530 e. The van der Waals surface area contributed by atoms with Gasteiger partial charge in [-0.3, -0.25) is 9.05 Å². The van der Waals surface area contributed by atoms with Crippen molar-refractivity contribution < 1.29 is 37.2 Å². The standard InChI is InChI=1S/C20H27O8P/c1-14(2)19(21)26-16(5)12-24-29(23,28-18-10-8-7-9-11-18)25-13-17(6)27-20(22)15(3)4/h7-11,16-17H,1,3,12-13H2,2,4-6H3. The van der Waals surface area contributed by atoms with Gasteiger partial charge in [-0.15, -0.1) is 0 Å². The van der Waals surface area contributed by atoms with Crippen molar-refractivity contribution in [3.63, 3.8) is 0 Å². The molecule has 0 radical (unpaired) electrons. The normalized spacial score (nSPS) is 14.8. The van der Waals surface area contributed by atoms with E-state index in [0.717, 1.165) is 0 Å². The van der Waals surface area contributed by atoms with E-state index < -0.39 is 32.0 Å². The van der Waals surface area contributed by atoms with Crippen LogP contribution in [0, 0.1) is 0 Å². The molecule has 0 heterocycles. The molecule has 0 saturated heterocycles. The number of phosphoric ester groups is 1. The molecule has 29 heavy (non-hydrogen) atoms. The Morgan fingerprint density at radius 3 is 1.69 bits per heavy atom. The van der Waals surface area contributed by atoms with E-state index in [2.05, 4.69) is 13.2 Å². The van der Waals surface area contributed by atoms with Crippen molar-refractivity contribution in [2.75, 3.05) is 13.2 Å². The fraction of sp³-hybridized carbons (Fsp3) is 0.400. The van der Waals surface area contributed by atoms with Gasteiger partial charge in [0.15, 0.2) is 0 Å². The number of para-hydroxylation sites is 1. The molecule has 1 rings (SSSR count). The first-order valence-electron chi connectivity index (χ1n) is 8.89. The van der Waals surface area contributed by atoms with Crippen molar-refractivity contribution in [3.05, 3.63) is 54.6 Å². The third-order valence-corrected chi connectivity index (χ3v) is 4.57. The fourth-order valence-corrected chi connectivity index (χ4v) is 3.07. The highest BCUT2D eigenvalue weighted by molar-refractivity contribution is 7.48. The lowest BCUT2D eigenvalue weighted by molar-refractivity contribution is -0.145. The van der Waals surface area contributed by atoms with Gasteiger partial charge in [-0.25, -0.2) is 14.2 Å². The zero-order valence-electron chi connectivity index (χ0n) is 17.1. The summed E-state index contributed by atoms with van der Waals surface area (Å²) < 4.78 is 39.3. The summed E-state index contributed by atoms with van der Waals surface area (Å²) in [5.74, 6) is -0.934. The van der Waals surface area contributed by atoms with Crippen LogP contribution in [-0.2, 0) is 32.7 Å². The van der Waals surface area contributed by atoms with Crippen LogP contribution in [0.5, 0.6) is 5.75 Å². The number of esters is 2. The molecule has 0 aliphatic heterocycles. The maximum atomic E-state index is 13.0. The SMILES string of the molecule is C=C(C)C(=O)OC(C)COP(=O)(OCC(C)OC(=O)C(=C)C)Oc1ccccc1. The molecular formula is C20H27O8P. The van der Waals surface area contributed by atoms with E-state index in [1.54, 1.807) is 44.2 Å². The van der Waals surface area contributed by atoms with Gasteiger partial charge in [-0.1, -0.05) is 31.4 Å². The van der Waals surface area contributed by atoms with Crippen LogP contribution < -0.4 is 4.52 Å². The van der Waals surface area contributed by atoms with Gasteiger partial charge in [0.1, 0.15) is 18.0 Å². The lowest BCUT2D eigenvalue weighted by Crippen LogP contribution is -2.23. The molecule has 0 spiro atoms. The molecule has 1 aromatic rings. The van der Waals surface area contributed by atoms with Crippen LogP contribution in [0.4, 0.5) is 0 Å². The Labute approximate surface area is 171 Å². The molecule has 0 N–H and O–H groups in total. The zero-order chi connectivity index (χ0) is 22.0. The molecule has 0 aliphatic carbocycles. The van der Waals surface area contributed by atoms with Gasteiger partial charge >= 0.3 is 19.8 Å². The second-order valence-electron chi connectivity index (χ2n) is 6.44. The molecule has 160 valence electrons. The summed E-state index contributed by atoms with van der Waals surface area (Å²) in [6.07, 6.45) is -1.46. The molecule has 0 amide bonds. The van der Waals surface area contributed by atoms with E-state index in [1.165, 1.54) is 13.8 Å². The highest BCUT2D eigenvalue weighted by Crippen LogP contribution is 2.49. The lowest BCUT2D eigenvalue weighted by atomic mass is 10.3. The Bertz CT molecular complexity index is 732. The number of rotatable bonds is 12. The van der Waals surface area contributed by atoms with Gasteiger partial charge in [-0.05, 0) is 39.8 Å². The predicted octanol–water partition coefficient (Wildman–Crippen LogP) is 4.22. The maximum Gasteiger partial charge on any atom is 0.530 e. The monoisotopic (exact) mass is 426 g/mol. The smallest absolute Gasteiger partial charge is 0.457 e. The second kappa shape index (κ2) is 11.6. The molecule has 8 nitrogen and oxygen atoms in total. The summed E-state index contributed by atoms with van der Waals surface area (Å²) in [5.41, 5.74) is 0.454. The van der Waals surface area contributed by atoms with Crippen molar-refractivity contribution in [1.82, 2.24) is 0 Å². The number of benzene rings is 1. The zero-order valence-corrected chi connectivity index (χ0v) is 18.0. The molecular weight excluding hydrogens is 399 g/mol. The molecule has 9 heteroatoms. The van der Waals surface area contributed by atoms with Crippen molar-refractivity contribution in [1.29, 1.82) is 0 Å². The lowest BCUT2D eigenvalue weighted by Gasteiger charge is -2.22. The topological polar surface area (TPSA) is 97.4 Å². The molecule has 0 bridgehead atoms. The van der Waals surface area contributed by atoms with Gasteiger partial charge in [0.05, 0.1) is 13.2 Å².